The van der Waals surface area contributed by atoms with Gasteiger partial charge in [-0.1, -0.05) is 42.8 Å². The third kappa shape index (κ3) is 2.34. The fourth-order valence-electron chi connectivity index (χ4n) is 2.70. The van der Waals surface area contributed by atoms with Gasteiger partial charge in [-0.25, -0.2) is 0 Å². The van der Waals surface area contributed by atoms with Crippen molar-refractivity contribution in [3.8, 4) is 5.75 Å². The molecule has 1 fully saturated rings. The van der Waals surface area contributed by atoms with E-state index >= 15 is 0 Å². The van der Waals surface area contributed by atoms with Gasteiger partial charge in [0.05, 0.1) is 7.11 Å². The van der Waals surface area contributed by atoms with Gasteiger partial charge in [0.1, 0.15) is 5.75 Å². The van der Waals surface area contributed by atoms with Gasteiger partial charge in [-0.15, -0.1) is 0 Å². The van der Waals surface area contributed by atoms with E-state index in [1.807, 2.05) is 36.4 Å². The van der Waals surface area contributed by atoms with E-state index in [-0.39, 0.29) is 5.78 Å². The van der Waals surface area contributed by atoms with Crippen LogP contribution in [0.25, 0.3) is 0 Å². The molecule has 0 saturated heterocycles. The molecule has 2 nitrogen and oxygen atoms in total. The summed E-state index contributed by atoms with van der Waals surface area (Å²) in [6.45, 7) is 0. The van der Waals surface area contributed by atoms with Crippen LogP contribution in [0.2, 0.25) is 0 Å². The van der Waals surface area contributed by atoms with Gasteiger partial charge < -0.3 is 4.74 Å². The summed E-state index contributed by atoms with van der Waals surface area (Å²) in [5.41, 5.74) is 2.73. The average Bonchev–Trinajstić information content (AvgIpc) is 2.45. The number of hydrogen-bond donors (Lipinski definition) is 0. The highest BCUT2D eigenvalue weighted by Crippen LogP contribution is 2.38. The Morgan fingerprint density at radius 2 is 1.90 bits per heavy atom. The van der Waals surface area contributed by atoms with Crippen molar-refractivity contribution >= 4 is 5.78 Å². The van der Waals surface area contributed by atoms with E-state index in [4.69, 9.17) is 4.74 Å². The van der Waals surface area contributed by atoms with Crippen LogP contribution in [0.15, 0.2) is 48.5 Å². The number of ketones is 1. The second kappa shape index (κ2) is 5.49. The van der Waals surface area contributed by atoms with Crippen LogP contribution in [0.4, 0.5) is 0 Å². The highest BCUT2D eigenvalue weighted by Gasteiger charge is 2.24. The molecular formula is C18H18O2. The van der Waals surface area contributed by atoms with Crippen molar-refractivity contribution in [3.63, 3.8) is 0 Å². The molecule has 1 aliphatic rings. The maximum absolute atomic E-state index is 12.7. The standard InChI is InChI=1S/C18H18O2/c1-20-15-9-5-8-14(12-15)18(19)17-11-3-2-10-16(17)13-6-4-7-13/h2-3,5,8-13H,4,6-7H2,1H3. The molecule has 20 heavy (non-hydrogen) atoms. The highest BCUT2D eigenvalue weighted by atomic mass is 16.5. The molecule has 0 unspecified atom stereocenters. The lowest BCUT2D eigenvalue weighted by molar-refractivity contribution is 0.103. The van der Waals surface area contributed by atoms with Gasteiger partial charge in [0.15, 0.2) is 5.78 Å². The number of methoxy groups -OCH3 is 1. The van der Waals surface area contributed by atoms with E-state index in [0.717, 1.165) is 11.3 Å². The Balaban J connectivity index is 1.97. The van der Waals surface area contributed by atoms with Crippen LogP contribution in [0.5, 0.6) is 5.75 Å². The van der Waals surface area contributed by atoms with E-state index in [1.54, 1.807) is 13.2 Å². The van der Waals surface area contributed by atoms with Crippen LogP contribution in [0.1, 0.15) is 46.7 Å². The molecule has 1 saturated carbocycles. The number of hydrogen-bond acceptors (Lipinski definition) is 2. The minimum Gasteiger partial charge on any atom is -0.497 e. The topological polar surface area (TPSA) is 26.3 Å². The van der Waals surface area contributed by atoms with Crippen molar-refractivity contribution in [2.75, 3.05) is 7.11 Å². The van der Waals surface area contributed by atoms with Crippen molar-refractivity contribution in [1.29, 1.82) is 0 Å². The van der Waals surface area contributed by atoms with Crippen molar-refractivity contribution in [3.05, 3.63) is 65.2 Å². The van der Waals surface area contributed by atoms with Gasteiger partial charge in [0, 0.05) is 11.1 Å². The second-order valence-corrected chi connectivity index (χ2v) is 5.28. The van der Waals surface area contributed by atoms with E-state index in [2.05, 4.69) is 6.07 Å². The first-order valence-corrected chi connectivity index (χ1v) is 7.07. The third-order valence-corrected chi connectivity index (χ3v) is 4.08. The normalized spacial score (nSPS) is 14.7. The van der Waals surface area contributed by atoms with Crippen molar-refractivity contribution < 1.29 is 9.53 Å². The molecule has 102 valence electrons. The quantitative estimate of drug-likeness (QED) is 0.775. The molecule has 0 atom stereocenters. The molecule has 0 bridgehead atoms. The lowest BCUT2D eigenvalue weighted by atomic mass is 9.77. The summed E-state index contributed by atoms with van der Waals surface area (Å²) in [7, 11) is 1.62. The molecule has 0 spiro atoms. The summed E-state index contributed by atoms with van der Waals surface area (Å²) in [4.78, 5) is 12.7. The first-order valence-electron chi connectivity index (χ1n) is 7.07. The Morgan fingerprint density at radius 3 is 2.60 bits per heavy atom. The van der Waals surface area contributed by atoms with E-state index < -0.39 is 0 Å². The summed E-state index contributed by atoms with van der Waals surface area (Å²) in [6, 6.07) is 15.4. The molecule has 0 heterocycles. The third-order valence-electron chi connectivity index (χ3n) is 4.08. The van der Waals surface area contributed by atoms with Gasteiger partial charge in [-0.2, -0.15) is 0 Å². The van der Waals surface area contributed by atoms with Gasteiger partial charge in [0.25, 0.3) is 0 Å². The van der Waals surface area contributed by atoms with Crippen LogP contribution in [-0.2, 0) is 0 Å². The minimum absolute atomic E-state index is 0.0893. The summed E-state index contributed by atoms with van der Waals surface area (Å²) < 4.78 is 5.20. The summed E-state index contributed by atoms with van der Waals surface area (Å²) >= 11 is 0. The van der Waals surface area contributed by atoms with Crippen molar-refractivity contribution in [2.45, 2.75) is 25.2 Å². The largest absolute Gasteiger partial charge is 0.497 e. The van der Waals surface area contributed by atoms with Crippen LogP contribution in [0, 0.1) is 0 Å². The molecule has 0 N–H and O–H groups in total. The van der Waals surface area contributed by atoms with Crippen LogP contribution in [-0.4, -0.2) is 12.9 Å². The number of rotatable bonds is 4. The molecule has 0 radical (unpaired) electrons. The summed E-state index contributed by atoms with van der Waals surface area (Å²) in [5, 5.41) is 0. The molecule has 1 aliphatic carbocycles. The monoisotopic (exact) mass is 266 g/mol. The number of ether oxygens (including phenoxy) is 1. The van der Waals surface area contributed by atoms with E-state index in [9.17, 15) is 4.79 Å². The fourth-order valence-corrected chi connectivity index (χ4v) is 2.70. The SMILES string of the molecule is COc1cccc(C(=O)c2ccccc2C2CCC2)c1. The van der Waals surface area contributed by atoms with Gasteiger partial charge in [0.2, 0.25) is 0 Å². The Hall–Kier alpha value is -2.09. The molecule has 2 aromatic rings. The number of carbonyl (C=O) groups is 1. The fraction of sp³-hybridized carbons (Fsp3) is 0.278. The molecule has 2 heteroatoms. The smallest absolute Gasteiger partial charge is 0.193 e. The number of carbonyl (C=O) groups excluding carboxylic acids is 1. The predicted octanol–water partition coefficient (Wildman–Crippen LogP) is 4.19. The molecule has 0 amide bonds. The Morgan fingerprint density at radius 1 is 1.10 bits per heavy atom. The first kappa shape index (κ1) is 12.9. The zero-order chi connectivity index (χ0) is 13.9. The molecule has 2 aromatic carbocycles. The molecule has 3 rings (SSSR count). The summed E-state index contributed by atoms with van der Waals surface area (Å²) in [6.07, 6.45) is 3.66. The zero-order valence-corrected chi connectivity index (χ0v) is 11.6. The van der Waals surface area contributed by atoms with Gasteiger partial charge in [-0.3, -0.25) is 4.79 Å². The lowest BCUT2D eigenvalue weighted by Crippen LogP contribution is -2.14. The minimum atomic E-state index is 0.0893. The van der Waals surface area contributed by atoms with Gasteiger partial charge in [-0.05, 0) is 36.5 Å². The van der Waals surface area contributed by atoms with E-state index in [1.165, 1.54) is 24.8 Å². The Bertz CT molecular complexity index is 627. The van der Waals surface area contributed by atoms with Gasteiger partial charge >= 0.3 is 0 Å². The first-order chi connectivity index (χ1) is 9.79. The van der Waals surface area contributed by atoms with E-state index in [0.29, 0.717) is 11.5 Å². The Labute approximate surface area is 119 Å². The second-order valence-electron chi connectivity index (χ2n) is 5.28. The van der Waals surface area contributed by atoms with Crippen LogP contribution in [0.3, 0.4) is 0 Å². The maximum atomic E-state index is 12.7. The lowest BCUT2D eigenvalue weighted by Gasteiger charge is -2.27. The molecule has 0 aliphatic heterocycles. The summed E-state index contributed by atoms with van der Waals surface area (Å²) in [5.74, 6) is 1.36. The van der Waals surface area contributed by atoms with Crippen molar-refractivity contribution in [2.24, 2.45) is 0 Å². The highest BCUT2D eigenvalue weighted by molar-refractivity contribution is 6.10. The maximum Gasteiger partial charge on any atom is 0.193 e. The van der Waals surface area contributed by atoms with Crippen LogP contribution < -0.4 is 4.74 Å². The molecular weight excluding hydrogens is 248 g/mol. The molecule has 0 aromatic heterocycles. The number of benzene rings is 2. The Kier molecular flexibility index (Phi) is 3.55. The average molecular weight is 266 g/mol. The predicted molar refractivity (Wildman–Crippen MR) is 79.5 cm³/mol. The van der Waals surface area contributed by atoms with Crippen molar-refractivity contribution in [1.82, 2.24) is 0 Å². The van der Waals surface area contributed by atoms with Crippen LogP contribution >= 0.6 is 0 Å². The zero-order valence-electron chi connectivity index (χ0n) is 11.6.